The van der Waals surface area contributed by atoms with Crippen LogP contribution in [0.25, 0.3) is 0 Å². The van der Waals surface area contributed by atoms with Crippen molar-refractivity contribution >= 4 is 28.9 Å². The Morgan fingerprint density at radius 1 is 1.05 bits per heavy atom. The second-order valence-electron chi connectivity index (χ2n) is 4.93. The molecule has 0 unspecified atom stereocenters. The number of halogens is 2. The van der Waals surface area contributed by atoms with Gasteiger partial charge in [0.25, 0.3) is 0 Å². The molecule has 3 heteroatoms. The Bertz CT molecular complexity index is 608. The van der Waals surface area contributed by atoms with Crippen LogP contribution in [0.15, 0.2) is 36.4 Å². The zero-order chi connectivity index (χ0) is 13.2. The highest BCUT2D eigenvalue weighted by molar-refractivity contribution is 6.35. The molecule has 1 aliphatic rings. The van der Waals surface area contributed by atoms with E-state index in [9.17, 15) is 0 Å². The van der Waals surface area contributed by atoms with Crippen molar-refractivity contribution in [2.24, 2.45) is 0 Å². The zero-order valence-electron chi connectivity index (χ0n) is 10.5. The van der Waals surface area contributed by atoms with Crippen molar-refractivity contribution in [2.45, 2.75) is 19.3 Å². The molecule has 0 atom stereocenters. The van der Waals surface area contributed by atoms with Gasteiger partial charge < -0.3 is 5.32 Å². The van der Waals surface area contributed by atoms with Gasteiger partial charge in [0.2, 0.25) is 0 Å². The van der Waals surface area contributed by atoms with Gasteiger partial charge in [0.1, 0.15) is 0 Å². The number of hydrogen-bond donors (Lipinski definition) is 1. The van der Waals surface area contributed by atoms with E-state index in [2.05, 4.69) is 23.5 Å². The van der Waals surface area contributed by atoms with Gasteiger partial charge in [0, 0.05) is 22.3 Å². The van der Waals surface area contributed by atoms with Crippen molar-refractivity contribution in [1.29, 1.82) is 0 Å². The first-order chi connectivity index (χ1) is 9.22. The Kier molecular flexibility index (Phi) is 3.67. The van der Waals surface area contributed by atoms with E-state index in [4.69, 9.17) is 23.2 Å². The molecule has 1 N–H and O–H groups in total. The molecule has 1 nitrogen and oxygen atoms in total. The molecule has 0 bridgehead atoms. The summed E-state index contributed by atoms with van der Waals surface area (Å²) in [6.07, 6.45) is 3.21. The third kappa shape index (κ3) is 2.88. The molecule has 2 aromatic rings. The third-order valence-corrected chi connectivity index (χ3v) is 4.10. The van der Waals surface area contributed by atoms with Crippen LogP contribution in [0.4, 0.5) is 5.69 Å². The van der Waals surface area contributed by atoms with Gasteiger partial charge in [-0.1, -0.05) is 41.4 Å². The van der Waals surface area contributed by atoms with Gasteiger partial charge in [-0.25, -0.2) is 0 Å². The molecule has 3 rings (SSSR count). The Morgan fingerprint density at radius 3 is 2.79 bits per heavy atom. The van der Waals surface area contributed by atoms with Gasteiger partial charge in [-0.2, -0.15) is 0 Å². The van der Waals surface area contributed by atoms with E-state index in [0.717, 1.165) is 30.0 Å². The smallest absolute Gasteiger partial charge is 0.0456 e. The number of benzene rings is 2. The van der Waals surface area contributed by atoms with Crippen molar-refractivity contribution < 1.29 is 0 Å². The van der Waals surface area contributed by atoms with Crippen LogP contribution in [0, 0.1) is 0 Å². The lowest BCUT2D eigenvalue weighted by molar-refractivity contribution is 0.828. The number of aryl methyl sites for hydroxylation is 1. The molecule has 2 aromatic carbocycles. The number of rotatable bonds is 2. The lowest BCUT2D eigenvalue weighted by Gasteiger charge is -2.18. The Labute approximate surface area is 123 Å². The maximum Gasteiger partial charge on any atom is 0.0456 e. The zero-order valence-corrected chi connectivity index (χ0v) is 12.1. The lowest BCUT2D eigenvalue weighted by Crippen LogP contribution is -2.11. The fourth-order valence-corrected chi connectivity index (χ4v) is 3.00. The molecule has 0 amide bonds. The SMILES string of the molecule is Clc1ccc(Cc2ccc3c(c2)CCCN3)c(Cl)c1. The molecule has 0 aliphatic carbocycles. The maximum absolute atomic E-state index is 6.23. The molecule has 0 fully saturated rings. The van der Waals surface area contributed by atoms with Crippen LogP contribution in [0.3, 0.4) is 0 Å². The summed E-state index contributed by atoms with van der Waals surface area (Å²) >= 11 is 12.1. The summed E-state index contributed by atoms with van der Waals surface area (Å²) in [5.74, 6) is 0. The Hall–Kier alpha value is -1.18. The minimum absolute atomic E-state index is 0.684. The van der Waals surface area contributed by atoms with Gasteiger partial charge in [-0.05, 0) is 54.2 Å². The van der Waals surface area contributed by atoms with Crippen LogP contribution in [0.5, 0.6) is 0 Å². The van der Waals surface area contributed by atoms with Crippen molar-refractivity contribution in [3.05, 3.63) is 63.1 Å². The number of anilines is 1. The number of hydrogen-bond acceptors (Lipinski definition) is 1. The monoisotopic (exact) mass is 291 g/mol. The summed E-state index contributed by atoms with van der Waals surface area (Å²) in [4.78, 5) is 0. The average molecular weight is 292 g/mol. The molecule has 1 aliphatic heterocycles. The quantitative estimate of drug-likeness (QED) is 0.826. The van der Waals surface area contributed by atoms with E-state index in [1.165, 1.54) is 23.2 Å². The van der Waals surface area contributed by atoms with E-state index < -0.39 is 0 Å². The predicted octanol–water partition coefficient (Wildman–Crippen LogP) is 4.94. The average Bonchev–Trinajstić information content (AvgIpc) is 2.42. The highest BCUT2D eigenvalue weighted by atomic mass is 35.5. The van der Waals surface area contributed by atoms with Crippen LogP contribution in [0.1, 0.15) is 23.1 Å². The van der Waals surface area contributed by atoms with Gasteiger partial charge in [-0.3, -0.25) is 0 Å². The first-order valence-electron chi connectivity index (χ1n) is 6.52. The molecule has 0 aromatic heterocycles. The van der Waals surface area contributed by atoms with Crippen molar-refractivity contribution in [3.8, 4) is 0 Å². The standard InChI is InChI=1S/C16H15Cl2N/c17-14-5-4-12(15(18)10-14)8-11-3-6-16-13(9-11)2-1-7-19-16/h3-6,9-10,19H,1-2,7-8H2. The molecule has 0 saturated carbocycles. The number of fused-ring (bicyclic) bond motifs is 1. The molecule has 1 heterocycles. The van der Waals surface area contributed by atoms with E-state index >= 15 is 0 Å². The normalized spacial score (nSPS) is 13.8. The van der Waals surface area contributed by atoms with Crippen molar-refractivity contribution in [1.82, 2.24) is 0 Å². The van der Waals surface area contributed by atoms with Gasteiger partial charge in [-0.15, -0.1) is 0 Å². The second-order valence-corrected chi connectivity index (χ2v) is 5.78. The summed E-state index contributed by atoms with van der Waals surface area (Å²) in [5, 5.41) is 4.85. The molecule has 98 valence electrons. The van der Waals surface area contributed by atoms with E-state index in [1.807, 2.05) is 12.1 Å². The highest BCUT2D eigenvalue weighted by Gasteiger charge is 2.10. The Balaban J connectivity index is 1.87. The summed E-state index contributed by atoms with van der Waals surface area (Å²) in [6.45, 7) is 1.08. The van der Waals surface area contributed by atoms with Crippen molar-refractivity contribution in [3.63, 3.8) is 0 Å². The summed E-state index contributed by atoms with van der Waals surface area (Å²) in [7, 11) is 0. The predicted molar refractivity (Wildman–Crippen MR) is 82.5 cm³/mol. The summed E-state index contributed by atoms with van der Waals surface area (Å²) in [6, 6.07) is 12.3. The maximum atomic E-state index is 6.23. The van der Waals surface area contributed by atoms with E-state index in [-0.39, 0.29) is 0 Å². The lowest BCUT2D eigenvalue weighted by atomic mass is 9.97. The fourth-order valence-electron chi connectivity index (χ4n) is 2.52. The van der Waals surface area contributed by atoms with E-state index in [1.54, 1.807) is 6.07 Å². The minimum atomic E-state index is 0.684. The fraction of sp³-hybridized carbons (Fsp3) is 0.250. The molecule has 0 spiro atoms. The summed E-state index contributed by atoms with van der Waals surface area (Å²) in [5.41, 5.74) is 5.10. The first-order valence-corrected chi connectivity index (χ1v) is 7.27. The molecular formula is C16H15Cl2N. The second kappa shape index (κ2) is 5.44. The van der Waals surface area contributed by atoms with Gasteiger partial charge >= 0.3 is 0 Å². The van der Waals surface area contributed by atoms with Crippen LogP contribution in [0.2, 0.25) is 10.0 Å². The van der Waals surface area contributed by atoms with Crippen molar-refractivity contribution in [2.75, 3.05) is 11.9 Å². The topological polar surface area (TPSA) is 12.0 Å². The van der Waals surface area contributed by atoms with Crippen LogP contribution < -0.4 is 5.32 Å². The van der Waals surface area contributed by atoms with Crippen LogP contribution in [-0.2, 0) is 12.8 Å². The molecule has 0 radical (unpaired) electrons. The third-order valence-electron chi connectivity index (χ3n) is 3.52. The minimum Gasteiger partial charge on any atom is -0.385 e. The largest absolute Gasteiger partial charge is 0.385 e. The van der Waals surface area contributed by atoms with Crippen LogP contribution in [-0.4, -0.2) is 6.54 Å². The van der Waals surface area contributed by atoms with Gasteiger partial charge in [0.15, 0.2) is 0 Å². The van der Waals surface area contributed by atoms with Gasteiger partial charge in [0.05, 0.1) is 0 Å². The molecule has 0 saturated heterocycles. The Morgan fingerprint density at radius 2 is 1.95 bits per heavy atom. The van der Waals surface area contributed by atoms with E-state index in [0.29, 0.717) is 5.02 Å². The highest BCUT2D eigenvalue weighted by Crippen LogP contribution is 2.27. The number of nitrogens with one attached hydrogen (secondary N) is 1. The van der Waals surface area contributed by atoms with Crippen LogP contribution >= 0.6 is 23.2 Å². The summed E-state index contributed by atoms with van der Waals surface area (Å²) < 4.78 is 0. The molecular weight excluding hydrogens is 277 g/mol. The molecule has 19 heavy (non-hydrogen) atoms. The first kappa shape index (κ1) is 12.8.